The number of hydrogen-bond donors (Lipinski definition) is 1. The van der Waals surface area contributed by atoms with Crippen LogP contribution in [0.15, 0.2) is 36.7 Å². The predicted octanol–water partition coefficient (Wildman–Crippen LogP) is 2.03. The van der Waals surface area contributed by atoms with Crippen LogP contribution in [0.1, 0.15) is 5.69 Å². The van der Waals surface area contributed by atoms with Crippen LogP contribution in [0, 0.1) is 0 Å². The van der Waals surface area contributed by atoms with Crippen LogP contribution in [0.2, 0.25) is 5.15 Å². The van der Waals surface area contributed by atoms with E-state index < -0.39 is 0 Å². The summed E-state index contributed by atoms with van der Waals surface area (Å²) in [4.78, 5) is 4.05. The Balaban J connectivity index is 2.45. The van der Waals surface area contributed by atoms with Crippen molar-refractivity contribution in [3.8, 4) is 5.69 Å². The summed E-state index contributed by atoms with van der Waals surface area (Å²) in [6, 6.07) is 7.83. The van der Waals surface area contributed by atoms with Crippen molar-refractivity contribution in [1.29, 1.82) is 0 Å². The van der Waals surface area contributed by atoms with E-state index in [0.717, 1.165) is 17.8 Å². The van der Waals surface area contributed by atoms with Gasteiger partial charge in [0.15, 0.2) is 5.15 Å². The molecule has 2 aromatic heterocycles. The summed E-state index contributed by atoms with van der Waals surface area (Å²) in [5.74, 6) is 0. The second-order valence-corrected chi connectivity index (χ2v) is 3.58. The van der Waals surface area contributed by atoms with Crippen LogP contribution in [-0.2, 0) is 6.42 Å². The van der Waals surface area contributed by atoms with Crippen LogP contribution in [0.3, 0.4) is 0 Å². The Kier molecular flexibility index (Phi) is 3.04. The first-order chi connectivity index (χ1) is 7.33. The van der Waals surface area contributed by atoms with E-state index in [1.165, 1.54) is 0 Å². The van der Waals surface area contributed by atoms with Gasteiger partial charge in [0.2, 0.25) is 0 Å². The van der Waals surface area contributed by atoms with E-state index in [4.69, 9.17) is 17.3 Å². The second kappa shape index (κ2) is 4.47. The van der Waals surface area contributed by atoms with E-state index in [2.05, 4.69) is 4.98 Å². The highest BCUT2D eigenvalue weighted by molar-refractivity contribution is 6.31. The normalized spacial score (nSPS) is 10.5. The summed E-state index contributed by atoms with van der Waals surface area (Å²) < 4.78 is 2.02. The Morgan fingerprint density at radius 1 is 1.33 bits per heavy atom. The predicted molar refractivity (Wildman–Crippen MR) is 61.3 cm³/mol. The van der Waals surface area contributed by atoms with Gasteiger partial charge in [-0.05, 0) is 30.8 Å². The summed E-state index contributed by atoms with van der Waals surface area (Å²) in [6.45, 7) is 0.627. The first-order valence-electron chi connectivity index (χ1n) is 4.80. The lowest BCUT2D eigenvalue weighted by molar-refractivity contribution is 0.871. The fourth-order valence-corrected chi connectivity index (χ4v) is 1.77. The average Bonchev–Trinajstić information content (AvgIpc) is 2.67. The lowest BCUT2D eigenvalue weighted by Crippen LogP contribution is -2.07. The largest absolute Gasteiger partial charge is 0.330 e. The van der Waals surface area contributed by atoms with Crippen molar-refractivity contribution in [3.63, 3.8) is 0 Å². The molecule has 2 heterocycles. The standard InChI is InChI=1S/C11H12ClN3/c12-11-10(4-1-7-14-11)15-8-2-3-9(15)5-6-13/h1-4,7-8H,5-6,13H2. The Labute approximate surface area is 93.5 Å². The Hall–Kier alpha value is -1.32. The number of nitrogens with zero attached hydrogens (tertiary/aromatic N) is 2. The molecular weight excluding hydrogens is 210 g/mol. The summed E-state index contributed by atoms with van der Waals surface area (Å²) in [5, 5.41) is 0.506. The summed E-state index contributed by atoms with van der Waals surface area (Å²) >= 11 is 6.02. The highest BCUT2D eigenvalue weighted by atomic mass is 35.5. The Morgan fingerprint density at radius 2 is 2.20 bits per heavy atom. The van der Waals surface area contributed by atoms with Gasteiger partial charge in [-0.15, -0.1) is 0 Å². The molecule has 0 amide bonds. The maximum atomic E-state index is 6.02. The van der Waals surface area contributed by atoms with Gasteiger partial charge in [0.25, 0.3) is 0 Å². The molecule has 0 bridgehead atoms. The molecule has 4 heteroatoms. The number of pyridine rings is 1. The molecule has 0 saturated heterocycles. The molecule has 0 spiro atoms. The molecule has 0 atom stereocenters. The van der Waals surface area contributed by atoms with Crippen molar-refractivity contribution in [1.82, 2.24) is 9.55 Å². The SMILES string of the molecule is NCCc1cccn1-c1cccnc1Cl. The van der Waals surface area contributed by atoms with Gasteiger partial charge in [-0.25, -0.2) is 4.98 Å². The average molecular weight is 222 g/mol. The third-order valence-electron chi connectivity index (χ3n) is 2.23. The Morgan fingerprint density at radius 3 is 2.93 bits per heavy atom. The van der Waals surface area contributed by atoms with E-state index in [9.17, 15) is 0 Å². The van der Waals surface area contributed by atoms with Crippen molar-refractivity contribution < 1.29 is 0 Å². The van der Waals surface area contributed by atoms with E-state index in [1.807, 2.05) is 35.0 Å². The minimum Gasteiger partial charge on any atom is -0.330 e. The summed E-state index contributed by atoms with van der Waals surface area (Å²) in [7, 11) is 0. The van der Waals surface area contributed by atoms with E-state index in [0.29, 0.717) is 11.7 Å². The smallest absolute Gasteiger partial charge is 0.152 e. The zero-order valence-corrected chi connectivity index (χ0v) is 8.98. The molecule has 0 fully saturated rings. The molecule has 2 N–H and O–H groups in total. The molecule has 0 unspecified atom stereocenters. The second-order valence-electron chi connectivity index (χ2n) is 3.22. The van der Waals surface area contributed by atoms with Crippen LogP contribution in [0.25, 0.3) is 5.69 Å². The number of hydrogen-bond acceptors (Lipinski definition) is 2. The molecule has 3 nitrogen and oxygen atoms in total. The van der Waals surface area contributed by atoms with Gasteiger partial charge < -0.3 is 10.3 Å². The third kappa shape index (κ3) is 2.03. The van der Waals surface area contributed by atoms with E-state index in [-0.39, 0.29) is 0 Å². The summed E-state index contributed by atoms with van der Waals surface area (Å²) in [5.41, 5.74) is 7.58. The van der Waals surface area contributed by atoms with Crippen molar-refractivity contribution >= 4 is 11.6 Å². The first kappa shape index (κ1) is 10.2. The van der Waals surface area contributed by atoms with E-state index >= 15 is 0 Å². The molecule has 0 aliphatic rings. The topological polar surface area (TPSA) is 43.8 Å². The van der Waals surface area contributed by atoms with Crippen LogP contribution in [-0.4, -0.2) is 16.1 Å². The summed E-state index contributed by atoms with van der Waals surface area (Å²) in [6.07, 6.45) is 4.48. The minimum atomic E-state index is 0.506. The monoisotopic (exact) mass is 221 g/mol. The van der Waals surface area contributed by atoms with Crippen molar-refractivity contribution in [3.05, 3.63) is 47.5 Å². The van der Waals surface area contributed by atoms with Crippen molar-refractivity contribution in [2.45, 2.75) is 6.42 Å². The quantitative estimate of drug-likeness (QED) is 0.806. The highest BCUT2D eigenvalue weighted by Gasteiger charge is 2.06. The van der Waals surface area contributed by atoms with Gasteiger partial charge >= 0.3 is 0 Å². The molecule has 2 aromatic rings. The zero-order chi connectivity index (χ0) is 10.7. The van der Waals surface area contributed by atoms with Gasteiger partial charge in [0.1, 0.15) is 0 Å². The van der Waals surface area contributed by atoms with Crippen molar-refractivity contribution in [2.75, 3.05) is 6.54 Å². The fourth-order valence-electron chi connectivity index (χ4n) is 1.56. The molecule has 15 heavy (non-hydrogen) atoms. The maximum Gasteiger partial charge on any atom is 0.152 e. The van der Waals surface area contributed by atoms with Gasteiger partial charge in [-0.3, -0.25) is 0 Å². The molecular formula is C11H12ClN3. The molecule has 0 aliphatic carbocycles. The number of rotatable bonds is 3. The highest BCUT2D eigenvalue weighted by Crippen LogP contribution is 2.19. The molecule has 0 saturated carbocycles. The molecule has 78 valence electrons. The molecule has 0 aliphatic heterocycles. The lowest BCUT2D eigenvalue weighted by atomic mass is 10.3. The van der Waals surface area contributed by atoms with Gasteiger partial charge in [0.05, 0.1) is 5.69 Å². The van der Waals surface area contributed by atoms with Gasteiger partial charge in [-0.2, -0.15) is 0 Å². The fraction of sp³-hybridized carbons (Fsp3) is 0.182. The van der Waals surface area contributed by atoms with E-state index in [1.54, 1.807) is 6.20 Å². The zero-order valence-electron chi connectivity index (χ0n) is 8.23. The minimum absolute atomic E-state index is 0.506. The molecule has 0 aromatic carbocycles. The van der Waals surface area contributed by atoms with Crippen LogP contribution in [0.4, 0.5) is 0 Å². The van der Waals surface area contributed by atoms with Gasteiger partial charge in [-0.1, -0.05) is 11.6 Å². The van der Waals surface area contributed by atoms with Crippen LogP contribution >= 0.6 is 11.6 Å². The van der Waals surface area contributed by atoms with Gasteiger partial charge in [0, 0.05) is 24.5 Å². The third-order valence-corrected chi connectivity index (χ3v) is 2.52. The number of nitrogens with two attached hydrogens (primary N) is 1. The molecule has 2 rings (SSSR count). The maximum absolute atomic E-state index is 6.02. The number of halogens is 1. The van der Waals surface area contributed by atoms with Crippen LogP contribution < -0.4 is 5.73 Å². The number of aromatic nitrogens is 2. The lowest BCUT2D eigenvalue weighted by Gasteiger charge is -2.09. The Bertz CT molecular complexity index is 451. The molecule has 0 radical (unpaired) electrons. The van der Waals surface area contributed by atoms with Crippen molar-refractivity contribution in [2.24, 2.45) is 5.73 Å². The van der Waals surface area contributed by atoms with Crippen LogP contribution in [0.5, 0.6) is 0 Å². The first-order valence-corrected chi connectivity index (χ1v) is 5.18.